The van der Waals surface area contributed by atoms with Gasteiger partial charge >= 0.3 is 0 Å². The van der Waals surface area contributed by atoms with Gasteiger partial charge in [-0.05, 0) is 6.92 Å². The summed E-state index contributed by atoms with van der Waals surface area (Å²) in [4.78, 5) is 0.0605. The van der Waals surface area contributed by atoms with E-state index >= 15 is 0 Å². The molecule has 0 saturated heterocycles. The van der Waals surface area contributed by atoms with Crippen molar-refractivity contribution in [3.63, 3.8) is 0 Å². The number of ether oxygens (including phenoxy) is 2. The first-order chi connectivity index (χ1) is 10.4. The number of benzene rings is 1. The molecule has 22 heavy (non-hydrogen) atoms. The first-order valence-electron chi connectivity index (χ1n) is 6.38. The molecular formula is C13H16ClN3O4S. The minimum atomic E-state index is -3.78. The predicted molar refractivity (Wildman–Crippen MR) is 83.3 cm³/mol. The van der Waals surface area contributed by atoms with Gasteiger partial charge in [-0.1, -0.05) is 11.6 Å². The zero-order valence-electron chi connectivity index (χ0n) is 12.3. The number of hydrogen-bond acceptors (Lipinski definition) is 5. The van der Waals surface area contributed by atoms with E-state index in [4.69, 9.17) is 21.1 Å². The lowest BCUT2D eigenvalue weighted by Crippen LogP contribution is -2.13. The second kappa shape index (κ2) is 6.45. The number of hydrogen-bond donors (Lipinski definition) is 1. The van der Waals surface area contributed by atoms with Gasteiger partial charge in [0.2, 0.25) is 0 Å². The van der Waals surface area contributed by atoms with Crippen LogP contribution < -0.4 is 14.2 Å². The van der Waals surface area contributed by atoms with Crippen LogP contribution in [0.5, 0.6) is 11.5 Å². The van der Waals surface area contributed by atoms with Gasteiger partial charge in [-0.25, -0.2) is 8.42 Å². The van der Waals surface area contributed by atoms with E-state index in [1.165, 1.54) is 43.4 Å². The maximum Gasteiger partial charge on any atom is 0.265 e. The summed E-state index contributed by atoms with van der Waals surface area (Å²) in [6.45, 7) is 2.44. The van der Waals surface area contributed by atoms with Crippen LogP contribution in [0.2, 0.25) is 5.02 Å². The number of methoxy groups -OCH3 is 2. The lowest BCUT2D eigenvalue weighted by molar-refractivity contribution is 0.405. The van der Waals surface area contributed by atoms with Crippen LogP contribution in [0, 0.1) is 0 Å². The SMILES string of the molecule is CCn1cc(S(=O)(=O)Nc2cc(OC)c(Cl)cc2OC)cn1. The molecule has 1 aromatic carbocycles. The molecule has 0 bridgehead atoms. The van der Waals surface area contributed by atoms with E-state index in [1.54, 1.807) is 0 Å². The lowest BCUT2D eigenvalue weighted by Gasteiger charge is -2.13. The molecule has 0 aliphatic heterocycles. The van der Waals surface area contributed by atoms with Crippen molar-refractivity contribution in [2.45, 2.75) is 18.4 Å². The van der Waals surface area contributed by atoms with Crippen molar-refractivity contribution >= 4 is 27.3 Å². The highest BCUT2D eigenvalue weighted by Gasteiger charge is 2.20. The highest BCUT2D eigenvalue weighted by molar-refractivity contribution is 7.92. The zero-order chi connectivity index (χ0) is 16.3. The van der Waals surface area contributed by atoms with Crippen molar-refractivity contribution in [2.24, 2.45) is 0 Å². The molecule has 9 heteroatoms. The van der Waals surface area contributed by atoms with Crippen LogP contribution in [-0.2, 0) is 16.6 Å². The molecule has 0 unspecified atom stereocenters. The van der Waals surface area contributed by atoms with E-state index < -0.39 is 10.0 Å². The van der Waals surface area contributed by atoms with Crippen LogP contribution in [0.3, 0.4) is 0 Å². The quantitative estimate of drug-likeness (QED) is 0.869. The number of anilines is 1. The monoisotopic (exact) mass is 345 g/mol. The number of rotatable bonds is 6. The summed E-state index contributed by atoms with van der Waals surface area (Å²) in [6.07, 6.45) is 2.73. The molecule has 0 spiro atoms. The van der Waals surface area contributed by atoms with Crippen LogP contribution in [0.25, 0.3) is 0 Å². The Labute approximate surface area is 133 Å². The molecule has 1 aromatic heterocycles. The predicted octanol–water partition coefficient (Wildman–Crippen LogP) is 2.37. The Kier molecular flexibility index (Phi) is 4.82. The average Bonchev–Trinajstić information content (AvgIpc) is 2.98. The van der Waals surface area contributed by atoms with Crippen molar-refractivity contribution in [3.8, 4) is 11.5 Å². The van der Waals surface area contributed by atoms with Crippen LogP contribution in [0.15, 0.2) is 29.4 Å². The van der Waals surface area contributed by atoms with Gasteiger partial charge < -0.3 is 9.47 Å². The molecule has 0 atom stereocenters. The fourth-order valence-electron chi connectivity index (χ4n) is 1.80. The largest absolute Gasteiger partial charge is 0.495 e. The van der Waals surface area contributed by atoms with E-state index in [0.717, 1.165) is 0 Å². The number of nitrogens with zero attached hydrogens (tertiary/aromatic N) is 2. The van der Waals surface area contributed by atoms with Gasteiger partial charge in [0.05, 0.1) is 31.1 Å². The molecule has 0 saturated carbocycles. The third kappa shape index (κ3) is 3.28. The molecule has 0 aliphatic carbocycles. The van der Waals surface area contributed by atoms with Gasteiger partial charge in [-0.15, -0.1) is 0 Å². The fourth-order valence-corrected chi connectivity index (χ4v) is 3.04. The first-order valence-corrected chi connectivity index (χ1v) is 8.24. The molecule has 1 heterocycles. The summed E-state index contributed by atoms with van der Waals surface area (Å²) < 4.78 is 39.0. The Morgan fingerprint density at radius 1 is 1.27 bits per heavy atom. The van der Waals surface area contributed by atoms with Gasteiger partial charge in [-0.3, -0.25) is 9.40 Å². The number of aromatic nitrogens is 2. The lowest BCUT2D eigenvalue weighted by atomic mass is 10.3. The standard InChI is InChI=1S/C13H16ClN3O4S/c1-4-17-8-9(7-15-17)22(18,19)16-11-6-12(20-2)10(14)5-13(11)21-3/h5-8,16H,4H2,1-3H3. The van der Waals surface area contributed by atoms with Crippen molar-refractivity contribution in [1.29, 1.82) is 0 Å². The molecule has 0 radical (unpaired) electrons. The van der Waals surface area contributed by atoms with Gasteiger partial charge in [0.15, 0.2) is 0 Å². The van der Waals surface area contributed by atoms with Crippen LogP contribution >= 0.6 is 11.6 Å². The van der Waals surface area contributed by atoms with E-state index in [-0.39, 0.29) is 16.3 Å². The second-order valence-corrected chi connectivity index (χ2v) is 6.41. The van der Waals surface area contributed by atoms with E-state index in [2.05, 4.69) is 9.82 Å². The van der Waals surface area contributed by atoms with Gasteiger partial charge in [0.25, 0.3) is 10.0 Å². The van der Waals surface area contributed by atoms with Crippen molar-refractivity contribution in [3.05, 3.63) is 29.5 Å². The molecule has 2 rings (SSSR count). The highest BCUT2D eigenvalue weighted by Crippen LogP contribution is 2.36. The van der Waals surface area contributed by atoms with Gasteiger partial charge in [0, 0.05) is 24.9 Å². The van der Waals surface area contributed by atoms with Gasteiger partial charge in [-0.2, -0.15) is 5.10 Å². The van der Waals surface area contributed by atoms with Crippen molar-refractivity contribution < 1.29 is 17.9 Å². The Morgan fingerprint density at radius 2 is 1.95 bits per heavy atom. The minimum Gasteiger partial charge on any atom is -0.495 e. The van der Waals surface area contributed by atoms with E-state index in [9.17, 15) is 8.42 Å². The summed E-state index contributed by atoms with van der Waals surface area (Å²) in [7, 11) is -0.922. The van der Waals surface area contributed by atoms with Crippen LogP contribution in [0.4, 0.5) is 5.69 Å². The maximum absolute atomic E-state index is 12.4. The summed E-state index contributed by atoms with van der Waals surface area (Å²) in [6, 6.07) is 2.94. The van der Waals surface area contributed by atoms with Crippen molar-refractivity contribution in [1.82, 2.24) is 9.78 Å². The molecule has 120 valence electrons. The highest BCUT2D eigenvalue weighted by atomic mass is 35.5. The average molecular weight is 346 g/mol. The summed E-state index contributed by atoms with van der Waals surface area (Å²) >= 11 is 6.00. The molecule has 0 aliphatic rings. The van der Waals surface area contributed by atoms with Crippen LogP contribution in [-0.4, -0.2) is 32.4 Å². The summed E-state index contributed by atoms with van der Waals surface area (Å²) in [5, 5.41) is 4.27. The molecule has 0 amide bonds. The Balaban J connectivity index is 2.40. The molecule has 1 N–H and O–H groups in total. The molecule has 7 nitrogen and oxygen atoms in total. The maximum atomic E-state index is 12.4. The summed E-state index contributed by atoms with van der Waals surface area (Å²) in [5.74, 6) is 0.627. The van der Waals surface area contributed by atoms with E-state index in [1.807, 2.05) is 6.92 Å². The minimum absolute atomic E-state index is 0.0605. The molecule has 2 aromatic rings. The second-order valence-electron chi connectivity index (χ2n) is 4.32. The van der Waals surface area contributed by atoms with Crippen LogP contribution in [0.1, 0.15) is 6.92 Å². The van der Waals surface area contributed by atoms with E-state index in [0.29, 0.717) is 17.3 Å². The number of sulfonamides is 1. The Bertz CT molecular complexity index is 774. The normalized spacial score (nSPS) is 11.3. The molecule has 0 fully saturated rings. The molecular weight excluding hydrogens is 330 g/mol. The van der Waals surface area contributed by atoms with Gasteiger partial charge in [0.1, 0.15) is 16.4 Å². The smallest absolute Gasteiger partial charge is 0.265 e. The first kappa shape index (κ1) is 16.4. The summed E-state index contributed by atoms with van der Waals surface area (Å²) in [5.41, 5.74) is 0.230. The number of aryl methyl sites for hydroxylation is 1. The third-order valence-corrected chi connectivity index (χ3v) is 4.58. The topological polar surface area (TPSA) is 82.5 Å². The third-order valence-electron chi connectivity index (χ3n) is 2.96. The Hall–Kier alpha value is -1.93. The number of halogens is 1. The fraction of sp³-hybridized carbons (Fsp3) is 0.308. The number of nitrogens with one attached hydrogen (secondary N) is 1. The Morgan fingerprint density at radius 3 is 2.50 bits per heavy atom. The zero-order valence-corrected chi connectivity index (χ0v) is 13.9. The van der Waals surface area contributed by atoms with Crippen molar-refractivity contribution in [2.75, 3.05) is 18.9 Å².